The number of hydrogen-bond acceptors (Lipinski definition) is 2. The zero-order valence-electron chi connectivity index (χ0n) is 11.9. The Labute approximate surface area is 135 Å². The molecule has 0 unspecified atom stereocenters. The number of aromatic nitrogens is 1. The van der Waals surface area contributed by atoms with Gasteiger partial charge in [-0.05, 0) is 61.5 Å². The molecule has 0 aliphatic heterocycles. The molecule has 0 atom stereocenters. The van der Waals surface area contributed by atoms with Crippen molar-refractivity contribution in [1.29, 1.82) is 0 Å². The minimum atomic E-state index is 0. The standard InChI is InChI=1S/C14H22BrN3O.ClH/c1-9(2)18-8-10(15)7-13(18)14(19)17-12-5-3-11(16)4-6-12;/h7-9,11-12H,3-6,16H2,1-2H3,(H,17,19);1H. The van der Waals surface area contributed by atoms with E-state index in [4.69, 9.17) is 5.73 Å². The molecule has 1 aliphatic rings. The molecule has 1 heterocycles. The van der Waals surface area contributed by atoms with E-state index >= 15 is 0 Å². The summed E-state index contributed by atoms with van der Waals surface area (Å²) < 4.78 is 2.94. The maximum atomic E-state index is 12.3. The first kappa shape index (κ1) is 17.5. The summed E-state index contributed by atoms with van der Waals surface area (Å²) in [6.07, 6.45) is 5.92. The fraction of sp³-hybridized carbons (Fsp3) is 0.643. The van der Waals surface area contributed by atoms with Crippen LogP contribution in [-0.4, -0.2) is 22.6 Å². The van der Waals surface area contributed by atoms with Crippen LogP contribution in [0.15, 0.2) is 16.7 Å². The van der Waals surface area contributed by atoms with Crippen LogP contribution >= 0.6 is 28.3 Å². The Kier molecular flexibility index (Phi) is 6.55. The second-order valence-electron chi connectivity index (χ2n) is 5.63. The lowest BCUT2D eigenvalue weighted by atomic mass is 9.92. The van der Waals surface area contributed by atoms with Crippen LogP contribution in [0.5, 0.6) is 0 Å². The Bertz CT molecular complexity index is 453. The highest BCUT2D eigenvalue weighted by Gasteiger charge is 2.22. The average Bonchev–Trinajstić information content (AvgIpc) is 2.74. The van der Waals surface area contributed by atoms with Gasteiger partial charge < -0.3 is 15.6 Å². The third-order valence-corrected chi connectivity index (χ3v) is 4.14. The van der Waals surface area contributed by atoms with Crippen molar-refractivity contribution in [3.63, 3.8) is 0 Å². The van der Waals surface area contributed by atoms with E-state index < -0.39 is 0 Å². The van der Waals surface area contributed by atoms with E-state index in [1.54, 1.807) is 0 Å². The van der Waals surface area contributed by atoms with Gasteiger partial charge in [-0.3, -0.25) is 4.79 Å². The molecule has 0 aromatic carbocycles. The molecule has 1 fully saturated rings. The molecule has 3 N–H and O–H groups in total. The monoisotopic (exact) mass is 363 g/mol. The van der Waals surface area contributed by atoms with Crippen molar-refractivity contribution in [3.8, 4) is 0 Å². The smallest absolute Gasteiger partial charge is 0.268 e. The third kappa shape index (κ3) is 4.24. The zero-order valence-corrected chi connectivity index (χ0v) is 14.3. The average molecular weight is 365 g/mol. The number of nitrogens with one attached hydrogen (secondary N) is 1. The summed E-state index contributed by atoms with van der Waals surface area (Å²) in [5.41, 5.74) is 6.60. The number of halogens is 2. The van der Waals surface area contributed by atoms with E-state index in [2.05, 4.69) is 35.1 Å². The van der Waals surface area contributed by atoms with E-state index in [0.29, 0.717) is 6.04 Å². The normalized spacial score (nSPS) is 22.4. The predicted octanol–water partition coefficient (Wildman–Crippen LogP) is 3.25. The van der Waals surface area contributed by atoms with Crippen molar-refractivity contribution in [2.45, 2.75) is 57.7 Å². The van der Waals surface area contributed by atoms with Crippen LogP contribution in [0.2, 0.25) is 0 Å². The first-order chi connectivity index (χ1) is 8.97. The van der Waals surface area contributed by atoms with Crippen molar-refractivity contribution in [2.24, 2.45) is 5.73 Å². The highest BCUT2D eigenvalue weighted by atomic mass is 79.9. The Morgan fingerprint density at radius 3 is 2.55 bits per heavy atom. The number of carbonyl (C=O) groups excluding carboxylic acids is 1. The van der Waals surface area contributed by atoms with Gasteiger partial charge in [-0.2, -0.15) is 0 Å². The van der Waals surface area contributed by atoms with Crippen LogP contribution in [0.25, 0.3) is 0 Å². The van der Waals surface area contributed by atoms with Crippen molar-refractivity contribution < 1.29 is 4.79 Å². The lowest BCUT2D eigenvalue weighted by molar-refractivity contribution is 0.0915. The quantitative estimate of drug-likeness (QED) is 0.865. The molecule has 2 rings (SSSR count). The summed E-state index contributed by atoms with van der Waals surface area (Å²) in [6, 6.07) is 2.72. The summed E-state index contributed by atoms with van der Waals surface area (Å²) in [5, 5.41) is 3.13. The van der Waals surface area contributed by atoms with E-state index in [1.165, 1.54) is 0 Å². The molecule has 0 bridgehead atoms. The molecule has 4 nitrogen and oxygen atoms in total. The lowest BCUT2D eigenvalue weighted by Crippen LogP contribution is -2.41. The second kappa shape index (κ2) is 7.48. The first-order valence-electron chi connectivity index (χ1n) is 6.91. The van der Waals surface area contributed by atoms with E-state index in [0.717, 1.165) is 35.8 Å². The molecule has 1 aromatic heterocycles. The zero-order chi connectivity index (χ0) is 14.0. The third-order valence-electron chi connectivity index (χ3n) is 3.71. The molecule has 0 spiro atoms. The van der Waals surface area contributed by atoms with Gasteiger partial charge in [-0.15, -0.1) is 12.4 Å². The van der Waals surface area contributed by atoms with Crippen molar-refractivity contribution >= 4 is 34.2 Å². The molecular formula is C14H23BrClN3O. The van der Waals surface area contributed by atoms with Crippen LogP contribution in [0.1, 0.15) is 56.1 Å². The molecular weight excluding hydrogens is 342 g/mol. The van der Waals surface area contributed by atoms with Gasteiger partial charge in [0.05, 0.1) is 0 Å². The number of carbonyl (C=O) groups is 1. The van der Waals surface area contributed by atoms with Crippen molar-refractivity contribution in [1.82, 2.24) is 9.88 Å². The lowest BCUT2D eigenvalue weighted by Gasteiger charge is -2.27. The number of hydrogen-bond donors (Lipinski definition) is 2. The fourth-order valence-corrected chi connectivity index (χ4v) is 3.02. The van der Waals surface area contributed by atoms with Gasteiger partial charge in [0.25, 0.3) is 5.91 Å². The Morgan fingerprint density at radius 2 is 2.00 bits per heavy atom. The highest BCUT2D eigenvalue weighted by molar-refractivity contribution is 9.10. The molecule has 20 heavy (non-hydrogen) atoms. The summed E-state index contributed by atoms with van der Waals surface area (Å²) in [5.74, 6) is 0.0138. The minimum absolute atomic E-state index is 0. The van der Waals surface area contributed by atoms with Crippen LogP contribution in [-0.2, 0) is 0 Å². The number of nitrogens with two attached hydrogens (primary N) is 1. The number of rotatable bonds is 3. The summed E-state index contributed by atoms with van der Waals surface area (Å²) in [6.45, 7) is 4.14. The molecule has 1 amide bonds. The van der Waals surface area contributed by atoms with Gasteiger partial charge in [0.2, 0.25) is 0 Å². The summed E-state index contributed by atoms with van der Waals surface area (Å²) >= 11 is 3.44. The van der Waals surface area contributed by atoms with Gasteiger partial charge in [-0.25, -0.2) is 0 Å². The predicted molar refractivity (Wildman–Crippen MR) is 87.5 cm³/mol. The minimum Gasteiger partial charge on any atom is -0.348 e. The largest absolute Gasteiger partial charge is 0.348 e. The Morgan fingerprint density at radius 1 is 1.40 bits per heavy atom. The highest BCUT2D eigenvalue weighted by Crippen LogP contribution is 2.21. The maximum absolute atomic E-state index is 12.3. The first-order valence-corrected chi connectivity index (χ1v) is 7.70. The van der Waals surface area contributed by atoms with E-state index in [-0.39, 0.29) is 30.4 Å². The van der Waals surface area contributed by atoms with Crippen molar-refractivity contribution in [2.75, 3.05) is 0 Å². The second-order valence-corrected chi connectivity index (χ2v) is 6.55. The topological polar surface area (TPSA) is 60.0 Å². The van der Waals surface area contributed by atoms with Gasteiger partial charge in [0.15, 0.2) is 0 Å². The van der Waals surface area contributed by atoms with Gasteiger partial charge >= 0.3 is 0 Å². The van der Waals surface area contributed by atoms with Crippen LogP contribution in [0.3, 0.4) is 0 Å². The molecule has 1 saturated carbocycles. The summed E-state index contributed by atoms with van der Waals surface area (Å²) in [4.78, 5) is 12.3. The van der Waals surface area contributed by atoms with Crippen LogP contribution in [0.4, 0.5) is 0 Å². The molecule has 6 heteroatoms. The SMILES string of the molecule is CC(C)n1cc(Br)cc1C(=O)NC1CCC(N)CC1.Cl. The number of amides is 1. The Balaban J connectivity index is 0.00000200. The van der Waals surface area contributed by atoms with Gasteiger partial charge in [0, 0.05) is 28.8 Å². The number of nitrogens with zero attached hydrogens (tertiary/aromatic N) is 1. The Hall–Kier alpha value is -0.520. The van der Waals surface area contributed by atoms with E-state index in [1.807, 2.05) is 16.8 Å². The van der Waals surface area contributed by atoms with Gasteiger partial charge in [-0.1, -0.05) is 0 Å². The maximum Gasteiger partial charge on any atom is 0.268 e. The van der Waals surface area contributed by atoms with E-state index in [9.17, 15) is 4.79 Å². The summed E-state index contributed by atoms with van der Waals surface area (Å²) in [7, 11) is 0. The van der Waals surface area contributed by atoms with Crippen molar-refractivity contribution in [3.05, 3.63) is 22.4 Å². The molecule has 0 radical (unpaired) electrons. The molecule has 1 aliphatic carbocycles. The fourth-order valence-electron chi connectivity index (χ4n) is 2.58. The van der Waals surface area contributed by atoms with Gasteiger partial charge in [0.1, 0.15) is 5.69 Å². The molecule has 1 aromatic rings. The molecule has 114 valence electrons. The van der Waals surface area contributed by atoms with Crippen LogP contribution in [0, 0.1) is 0 Å². The molecule has 0 saturated heterocycles. The van der Waals surface area contributed by atoms with Crippen LogP contribution < -0.4 is 11.1 Å².